The molecule has 2 aromatic carbocycles. The Bertz CT molecular complexity index is 926. The van der Waals surface area contributed by atoms with Crippen LogP contribution in [-0.4, -0.2) is 41.5 Å². The number of ether oxygens (including phenoxy) is 2. The van der Waals surface area contributed by atoms with Crippen LogP contribution in [0.1, 0.15) is 11.3 Å². The van der Waals surface area contributed by atoms with Crippen molar-refractivity contribution in [1.29, 1.82) is 0 Å². The Balaban J connectivity index is 1.50. The molecule has 1 unspecified atom stereocenters. The van der Waals surface area contributed by atoms with Gasteiger partial charge in [0.1, 0.15) is 0 Å². The molecule has 3 aromatic rings. The van der Waals surface area contributed by atoms with Crippen LogP contribution in [0, 0.1) is 0 Å². The lowest BCUT2D eigenvalue weighted by Crippen LogP contribution is -2.42. The number of aromatic amines is 1. The summed E-state index contributed by atoms with van der Waals surface area (Å²) in [6, 6.07) is 17.2. The van der Waals surface area contributed by atoms with Gasteiger partial charge in [-0.1, -0.05) is 48.5 Å². The summed E-state index contributed by atoms with van der Waals surface area (Å²) in [5.74, 6) is -0.462. The summed E-state index contributed by atoms with van der Waals surface area (Å²) >= 11 is 0. The molecule has 146 valence electrons. The summed E-state index contributed by atoms with van der Waals surface area (Å²) in [4.78, 5) is 23.5. The molecule has 0 aliphatic rings. The average molecular weight is 382 g/mol. The van der Waals surface area contributed by atoms with E-state index in [1.807, 2.05) is 54.6 Å². The number of nitrogens with one attached hydrogen (secondary N) is 2. The zero-order chi connectivity index (χ0) is 19.8. The van der Waals surface area contributed by atoms with Gasteiger partial charge in [-0.2, -0.15) is 5.10 Å². The van der Waals surface area contributed by atoms with Crippen LogP contribution < -0.4 is 11.1 Å². The van der Waals surface area contributed by atoms with Crippen LogP contribution in [0.3, 0.4) is 0 Å². The lowest BCUT2D eigenvalue weighted by molar-refractivity contribution is -0.132. The van der Waals surface area contributed by atoms with Crippen LogP contribution >= 0.6 is 0 Å². The largest absolute Gasteiger partial charge is 0.434 e. The van der Waals surface area contributed by atoms with Crippen molar-refractivity contribution in [3.8, 4) is 0 Å². The van der Waals surface area contributed by atoms with Crippen molar-refractivity contribution in [2.24, 2.45) is 5.73 Å². The first-order valence-electron chi connectivity index (χ1n) is 8.91. The summed E-state index contributed by atoms with van der Waals surface area (Å²) in [6.07, 6.45) is -1.58. The number of nitrogens with zero attached hydrogens (tertiary/aromatic N) is 1. The molecule has 4 N–H and O–H groups in total. The van der Waals surface area contributed by atoms with Crippen LogP contribution in [0.2, 0.25) is 0 Å². The van der Waals surface area contributed by atoms with Gasteiger partial charge in [0.2, 0.25) is 6.10 Å². The highest BCUT2D eigenvalue weighted by molar-refractivity contribution is 5.83. The minimum Gasteiger partial charge on any atom is -0.434 e. The highest BCUT2D eigenvalue weighted by Gasteiger charge is 2.22. The van der Waals surface area contributed by atoms with E-state index in [2.05, 4.69) is 15.5 Å². The Morgan fingerprint density at radius 2 is 1.86 bits per heavy atom. The maximum atomic E-state index is 12.4. The number of carbonyl (C=O) groups is 2. The maximum Gasteiger partial charge on any atom is 0.405 e. The Hall–Kier alpha value is -3.39. The fourth-order valence-corrected chi connectivity index (χ4v) is 2.79. The van der Waals surface area contributed by atoms with Gasteiger partial charge in [0, 0.05) is 24.0 Å². The van der Waals surface area contributed by atoms with E-state index in [-0.39, 0.29) is 6.61 Å². The van der Waals surface area contributed by atoms with Crippen molar-refractivity contribution >= 4 is 22.9 Å². The molecule has 2 amide bonds. The predicted octanol–water partition coefficient (Wildman–Crippen LogP) is 1.90. The van der Waals surface area contributed by atoms with Gasteiger partial charge in [-0.25, -0.2) is 4.79 Å². The van der Waals surface area contributed by atoms with E-state index in [0.29, 0.717) is 19.6 Å². The van der Waals surface area contributed by atoms with Crippen molar-refractivity contribution in [1.82, 2.24) is 15.5 Å². The second-order valence-electron chi connectivity index (χ2n) is 6.19. The molecule has 0 aliphatic carbocycles. The van der Waals surface area contributed by atoms with Gasteiger partial charge in [-0.05, 0) is 11.6 Å². The highest BCUT2D eigenvalue weighted by Crippen LogP contribution is 2.15. The van der Waals surface area contributed by atoms with Gasteiger partial charge in [0.25, 0.3) is 5.91 Å². The second-order valence-corrected chi connectivity index (χ2v) is 6.19. The topological polar surface area (TPSA) is 119 Å². The summed E-state index contributed by atoms with van der Waals surface area (Å²) in [7, 11) is 0. The summed E-state index contributed by atoms with van der Waals surface area (Å²) < 4.78 is 10.4. The van der Waals surface area contributed by atoms with Gasteiger partial charge < -0.3 is 20.5 Å². The van der Waals surface area contributed by atoms with Crippen molar-refractivity contribution in [3.63, 3.8) is 0 Å². The number of aromatic nitrogens is 2. The Labute approximate surface area is 162 Å². The molecule has 0 bridgehead atoms. The number of rotatable bonds is 9. The van der Waals surface area contributed by atoms with Crippen LogP contribution in [0.25, 0.3) is 10.9 Å². The number of hydrogen-bond acceptors (Lipinski definition) is 5. The van der Waals surface area contributed by atoms with Crippen molar-refractivity contribution in [2.45, 2.75) is 19.1 Å². The van der Waals surface area contributed by atoms with Crippen LogP contribution in [0.15, 0.2) is 54.6 Å². The van der Waals surface area contributed by atoms with Gasteiger partial charge in [-0.3, -0.25) is 9.89 Å². The lowest BCUT2D eigenvalue weighted by atomic mass is 10.1. The molecular formula is C20H22N4O4. The number of carbonyl (C=O) groups excluding carboxylic acids is 2. The van der Waals surface area contributed by atoms with E-state index in [9.17, 15) is 9.59 Å². The van der Waals surface area contributed by atoms with E-state index in [4.69, 9.17) is 15.2 Å². The number of para-hydroxylation sites is 1. The molecule has 0 saturated carbocycles. The molecule has 0 aliphatic heterocycles. The van der Waals surface area contributed by atoms with Crippen molar-refractivity contribution < 1.29 is 19.1 Å². The fourth-order valence-electron chi connectivity index (χ4n) is 2.79. The molecule has 0 fully saturated rings. The predicted molar refractivity (Wildman–Crippen MR) is 103 cm³/mol. The Kier molecular flexibility index (Phi) is 6.59. The van der Waals surface area contributed by atoms with Gasteiger partial charge in [0.15, 0.2) is 0 Å². The molecule has 28 heavy (non-hydrogen) atoms. The van der Waals surface area contributed by atoms with E-state index < -0.39 is 18.1 Å². The van der Waals surface area contributed by atoms with Gasteiger partial charge >= 0.3 is 6.09 Å². The van der Waals surface area contributed by atoms with E-state index in [1.54, 1.807) is 0 Å². The summed E-state index contributed by atoms with van der Waals surface area (Å²) in [5.41, 5.74) is 7.81. The molecule has 0 spiro atoms. The molecular weight excluding hydrogens is 360 g/mol. The number of amides is 2. The van der Waals surface area contributed by atoms with Crippen LogP contribution in [0.5, 0.6) is 0 Å². The Morgan fingerprint density at radius 1 is 1.11 bits per heavy atom. The molecule has 8 nitrogen and oxygen atoms in total. The van der Waals surface area contributed by atoms with Gasteiger partial charge in [0.05, 0.1) is 18.7 Å². The maximum absolute atomic E-state index is 12.4. The second kappa shape index (κ2) is 9.52. The number of H-pyrrole nitrogens is 1. The summed E-state index contributed by atoms with van der Waals surface area (Å²) in [6.45, 7) is 0.561. The highest BCUT2D eigenvalue weighted by atomic mass is 16.6. The number of hydrogen-bond donors (Lipinski definition) is 3. The SMILES string of the molecule is NC(=O)OC(COCc1ccccc1)C(=O)NCCc1[nH]nc2ccccc12. The van der Waals surface area contributed by atoms with Crippen LogP contribution in [-0.2, 0) is 27.3 Å². The third-order valence-electron chi connectivity index (χ3n) is 4.15. The third kappa shape index (κ3) is 5.31. The van der Waals surface area contributed by atoms with Crippen LogP contribution in [0.4, 0.5) is 4.79 Å². The van der Waals surface area contributed by atoms with E-state index in [0.717, 1.165) is 22.2 Å². The molecule has 0 saturated heterocycles. The quantitative estimate of drug-likeness (QED) is 0.522. The van der Waals surface area contributed by atoms with Gasteiger partial charge in [-0.15, -0.1) is 0 Å². The number of fused-ring (bicyclic) bond motifs is 1. The van der Waals surface area contributed by atoms with E-state index >= 15 is 0 Å². The Morgan fingerprint density at radius 3 is 2.64 bits per heavy atom. The molecule has 1 aromatic heterocycles. The first kappa shape index (κ1) is 19.4. The first-order chi connectivity index (χ1) is 13.6. The monoisotopic (exact) mass is 382 g/mol. The third-order valence-corrected chi connectivity index (χ3v) is 4.15. The minimum absolute atomic E-state index is 0.0867. The molecule has 1 heterocycles. The number of primary amides is 1. The minimum atomic E-state index is -1.11. The molecule has 1 atom stereocenters. The van der Waals surface area contributed by atoms with Crippen molar-refractivity contribution in [2.75, 3.05) is 13.2 Å². The zero-order valence-electron chi connectivity index (χ0n) is 15.3. The zero-order valence-corrected chi connectivity index (χ0v) is 15.3. The van der Waals surface area contributed by atoms with E-state index in [1.165, 1.54) is 0 Å². The molecule has 8 heteroatoms. The molecule has 3 rings (SSSR count). The number of benzene rings is 2. The smallest absolute Gasteiger partial charge is 0.405 e. The number of nitrogens with two attached hydrogens (primary N) is 1. The van der Waals surface area contributed by atoms with Crippen molar-refractivity contribution in [3.05, 3.63) is 65.9 Å². The lowest BCUT2D eigenvalue weighted by Gasteiger charge is -2.16. The fraction of sp³-hybridized carbons (Fsp3) is 0.250. The standard InChI is InChI=1S/C20H22N4O4/c21-20(26)28-18(13-27-12-14-6-2-1-3-7-14)19(25)22-11-10-17-15-8-4-5-9-16(15)23-24-17/h1-9,18H,10-13H2,(H2,21,26)(H,22,25)(H,23,24). The average Bonchev–Trinajstić information content (AvgIpc) is 3.11. The normalized spacial score (nSPS) is 11.9. The first-order valence-corrected chi connectivity index (χ1v) is 8.91. The summed E-state index contributed by atoms with van der Waals surface area (Å²) in [5, 5.41) is 10.9. The molecule has 0 radical (unpaired) electrons.